The average molecular weight is 528 g/mol. The van der Waals surface area contributed by atoms with Crippen LogP contribution < -0.4 is 10.1 Å². The lowest BCUT2D eigenvalue weighted by Crippen LogP contribution is -2.33. The molecule has 6 rings (SSSR count). The predicted molar refractivity (Wildman–Crippen MR) is 152 cm³/mol. The van der Waals surface area contributed by atoms with E-state index in [9.17, 15) is 4.79 Å². The molecule has 2 aliphatic rings. The highest BCUT2D eigenvalue weighted by atomic mass is 35.5. The molecule has 0 spiro atoms. The number of ether oxygens (including phenoxy) is 1. The quantitative estimate of drug-likeness (QED) is 0.287. The number of halogens is 2. The van der Waals surface area contributed by atoms with Crippen LogP contribution in [0, 0.1) is 5.41 Å². The number of rotatable bonds is 4. The third-order valence-electron chi connectivity index (χ3n) is 7.34. The summed E-state index contributed by atoms with van der Waals surface area (Å²) in [5, 5.41) is 7.24. The van der Waals surface area contributed by atoms with E-state index in [1.165, 1.54) is 10.8 Å². The Hall–Kier alpha value is -3.27. The lowest BCUT2D eigenvalue weighted by Gasteiger charge is -2.40. The van der Waals surface area contributed by atoms with Gasteiger partial charge in [0.25, 0.3) is 0 Å². The minimum absolute atomic E-state index is 0.0885. The molecule has 1 heterocycles. The normalized spacial score (nSPS) is 18.3. The highest BCUT2D eigenvalue weighted by Gasteiger charge is 2.40. The van der Waals surface area contributed by atoms with Crippen LogP contribution in [-0.4, -0.2) is 5.78 Å². The summed E-state index contributed by atoms with van der Waals surface area (Å²) in [6.07, 6.45) is 1.40. The summed E-state index contributed by atoms with van der Waals surface area (Å²) in [5.41, 5.74) is 6.04. The van der Waals surface area contributed by atoms with Crippen LogP contribution >= 0.6 is 23.2 Å². The molecule has 3 nitrogen and oxygen atoms in total. The van der Waals surface area contributed by atoms with Crippen LogP contribution in [0.3, 0.4) is 0 Å². The molecule has 4 aromatic carbocycles. The molecule has 1 aliphatic heterocycles. The number of anilines is 1. The van der Waals surface area contributed by atoms with E-state index in [1.54, 1.807) is 12.1 Å². The summed E-state index contributed by atoms with van der Waals surface area (Å²) in [7, 11) is 0. The maximum absolute atomic E-state index is 13.7. The Kier molecular flexibility index (Phi) is 6.01. The Bertz CT molecular complexity index is 1590. The van der Waals surface area contributed by atoms with Gasteiger partial charge in [-0.2, -0.15) is 0 Å². The van der Waals surface area contributed by atoms with Crippen LogP contribution in [0.5, 0.6) is 5.75 Å². The first-order valence-electron chi connectivity index (χ1n) is 12.5. The van der Waals surface area contributed by atoms with Crippen molar-refractivity contribution >= 4 is 51.0 Å². The monoisotopic (exact) mass is 527 g/mol. The smallest absolute Gasteiger partial charge is 0.162 e. The van der Waals surface area contributed by atoms with Gasteiger partial charge in [-0.1, -0.05) is 85.6 Å². The van der Waals surface area contributed by atoms with Crippen LogP contribution in [0.1, 0.15) is 49.4 Å². The van der Waals surface area contributed by atoms with Crippen molar-refractivity contribution in [3.8, 4) is 5.75 Å². The van der Waals surface area contributed by atoms with Crippen molar-refractivity contribution in [1.29, 1.82) is 0 Å². The number of benzene rings is 4. The topological polar surface area (TPSA) is 38.3 Å². The molecule has 4 aromatic rings. The van der Waals surface area contributed by atoms with Gasteiger partial charge in [-0.15, -0.1) is 0 Å². The fourth-order valence-corrected chi connectivity index (χ4v) is 6.13. The number of carbonyl (C=O) groups excluding carboxylic acids is 1. The molecule has 0 saturated carbocycles. The summed E-state index contributed by atoms with van der Waals surface area (Å²) >= 11 is 12.4. The van der Waals surface area contributed by atoms with Crippen molar-refractivity contribution in [2.45, 2.75) is 39.3 Å². The van der Waals surface area contributed by atoms with Crippen LogP contribution in [0.25, 0.3) is 16.3 Å². The number of hydrogen-bond donors (Lipinski definition) is 1. The van der Waals surface area contributed by atoms with Gasteiger partial charge in [0.1, 0.15) is 12.4 Å². The van der Waals surface area contributed by atoms with Crippen molar-refractivity contribution in [2.24, 2.45) is 5.41 Å². The highest BCUT2D eigenvalue weighted by molar-refractivity contribution is 6.35. The molecule has 5 heteroatoms. The second-order valence-electron chi connectivity index (χ2n) is 10.7. The minimum atomic E-state index is -0.241. The molecule has 186 valence electrons. The van der Waals surface area contributed by atoms with Gasteiger partial charge in [0.05, 0.1) is 6.04 Å². The fourth-order valence-electron chi connectivity index (χ4n) is 5.67. The van der Waals surface area contributed by atoms with Crippen molar-refractivity contribution < 1.29 is 9.53 Å². The molecule has 1 aliphatic carbocycles. The van der Waals surface area contributed by atoms with Crippen molar-refractivity contribution in [3.63, 3.8) is 0 Å². The van der Waals surface area contributed by atoms with Crippen LogP contribution in [0.15, 0.2) is 84.4 Å². The highest BCUT2D eigenvalue weighted by Crippen LogP contribution is 2.52. The molecule has 0 aromatic heterocycles. The lowest BCUT2D eigenvalue weighted by atomic mass is 9.68. The number of nitrogens with one attached hydrogen (secondary N) is 1. The van der Waals surface area contributed by atoms with E-state index in [1.807, 2.05) is 24.3 Å². The standard InChI is InChI=1S/C32H27Cl2NO2/c1-32(2)16-25-29-24-9-4-3-6-19(24)11-13-27(29)35-31(30(25)28(36)17-32)20-7-5-8-23(14-20)37-18-21-10-12-22(33)15-26(21)34/h3-15,31,35H,16-18H2,1-2H3/t31-/m0/s1. The first-order chi connectivity index (χ1) is 17.8. The third kappa shape index (κ3) is 4.52. The molecule has 0 radical (unpaired) electrons. The molecular weight excluding hydrogens is 501 g/mol. The molecule has 37 heavy (non-hydrogen) atoms. The van der Waals surface area contributed by atoms with E-state index < -0.39 is 0 Å². The van der Waals surface area contributed by atoms with Gasteiger partial charge in [-0.3, -0.25) is 4.79 Å². The Morgan fingerprint density at radius 1 is 0.946 bits per heavy atom. The maximum atomic E-state index is 13.7. The summed E-state index contributed by atoms with van der Waals surface area (Å²) < 4.78 is 6.11. The van der Waals surface area contributed by atoms with E-state index in [4.69, 9.17) is 27.9 Å². The first kappa shape index (κ1) is 24.1. The second kappa shape index (κ2) is 9.24. The van der Waals surface area contributed by atoms with Crippen molar-refractivity contribution in [2.75, 3.05) is 5.32 Å². The zero-order chi connectivity index (χ0) is 25.7. The Morgan fingerprint density at radius 3 is 2.62 bits per heavy atom. The largest absolute Gasteiger partial charge is 0.489 e. The summed E-state index contributed by atoms with van der Waals surface area (Å²) in [6.45, 7) is 4.70. The molecule has 0 saturated heterocycles. The van der Waals surface area contributed by atoms with Gasteiger partial charge < -0.3 is 10.1 Å². The number of Topliss-reactive ketones (excluding diaryl/α,β-unsaturated/α-hetero) is 1. The third-order valence-corrected chi connectivity index (χ3v) is 7.93. The van der Waals surface area contributed by atoms with E-state index in [-0.39, 0.29) is 17.2 Å². The summed E-state index contributed by atoms with van der Waals surface area (Å²) in [4.78, 5) is 13.7. The van der Waals surface area contributed by atoms with E-state index in [0.717, 1.165) is 45.7 Å². The van der Waals surface area contributed by atoms with E-state index in [2.05, 4.69) is 61.6 Å². The van der Waals surface area contributed by atoms with E-state index in [0.29, 0.717) is 23.1 Å². The first-order valence-corrected chi connectivity index (χ1v) is 13.3. The Morgan fingerprint density at radius 2 is 1.78 bits per heavy atom. The van der Waals surface area contributed by atoms with Crippen molar-refractivity contribution in [3.05, 3.63) is 111 Å². The number of ketones is 1. The zero-order valence-electron chi connectivity index (χ0n) is 20.8. The van der Waals surface area contributed by atoms with Gasteiger partial charge >= 0.3 is 0 Å². The molecule has 0 unspecified atom stereocenters. The van der Waals surface area contributed by atoms with Crippen LogP contribution in [0.2, 0.25) is 10.0 Å². The van der Waals surface area contributed by atoms with Gasteiger partial charge in [0, 0.05) is 38.9 Å². The predicted octanol–water partition coefficient (Wildman–Crippen LogP) is 9.04. The minimum Gasteiger partial charge on any atom is -0.489 e. The van der Waals surface area contributed by atoms with Gasteiger partial charge in [0.2, 0.25) is 0 Å². The number of fused-ring (bicyclic) bond motifs is 4. The average Bonchev–Trinajstić information content (AvgIpc) is 2.87. The van der Waals surface area contributed by atoms with Gasteiger partial charge in [-0.05, 0) is 64.1 Å². The molecular formula is C32H27Cl2NO2. The SMILES string of the molecule is CC1(C)CC(=O)C2=C(C1)c1c(ccc3ccccc13)N[C@H]2c1cccc(OCc2ccc(Cl)cc2Cl)c1. The molecule has 0 bridgehead atoms. The zero-order valence-corrected chi connectivity index (χ0v) is 22.3. The molecule has 0 amide bonds. The van der Waals surface area contributed by atoms with Crippen LogP contribution in [0.4, 0.5) is 5.69 Å². The van der Waals surface area contributed by atoms with Gasteiger partial charge in [-0.25, -0.2) is 0 Å². The molecule has 1 N–H and O–H groups in total. The lowest BCUT2D eigenvalue weighted by molar-refractivity contribution is -0.118. The van der Waals surface area contributed by atoms with Crippen LogP contribution in [-0.2, 0) is 11.4 Å². The number of hydrogen-bond acceptors (Lipinski definition) is 3. The van der Waals surface area contributed by atoms with Gasteiger partial charge in [0.15, 0.2) is 5.78 Å². The molecule has 0 fully saturated rings. The maximum Gasteiger partial charge on any atom is 0.162 e. The fraction of sp³-hybridized carbons (Fsp3) is 0.219. The number of carbonyl (C=O) groups is 1. The number of allylic oxidation sites excluding steroid dienone is 1. The molecule has 1 atom stereocenters. The van der Waals surface area contributed by atoms with Crippen molar-refractivity contribution in [1.82, 2.24) is 0 Å². The summed E-state index contributed by atoms with van der Waals surface area (Å²) in [5.74, 6) is 0.932. The summed E-state index contributed by atoms with van der Waals surface area (Å²) in [6, 6.07) is 25.8. The Labute approximate surface area is 227 Å². The Balaban J connectivity index is 1.41. The van der Waals surface area contributed by atoms with E-state index >= 15 is 0 Å². The second-order valence-corrected chi connectivity index (χ2v) is 11.6.